The number of hydrogen-bond acceptors (Lipinski definition) is 6. The number of aryl methyl sites for hydroxylation is 2. The fraction of sp³-hybridized carbons (Fsp3) is 0.600. The normalized spacial score (nSPS) is 17.6. The van der Waals surface area contributed by atoms with Gasteiger partial charge in [0.25, 0.3) is 5.56 Å². The highest BCUT2D eigenvalue weighted by Crippen LogP contribution is 2.24. The van der Waals surface area contributed by atoms with Crippen LogP contribution in [-0.2, 0) is 19.4 Å². The maximum Gasteiger partial charge on any atom is 0.267 e. The predicted molar refractivity (Wildman–Crippen MR) is 106 cm³/mol. The minimum absolute atomic E-state index is 0.0597. The van der Waals surface area contributed by atoms with Gasteiger partial charge in [-0.3, -0.25) is 4.79 Å². The van der Waals surface area contributed by atoms with Crippen molar-refractivity contribution in [3.05, 3.63) is 39.9 Å². The van der Waals surface area contributed by atoms with E-state index in [2.05, 4.69) is 20.0 Å². The van der Waals surface area contributed by atoms with Crippen molar-refractivity contribution < 1.29 is 0 Å². The van der Waals surface area contributed by atoms with Gasteiger partial charge in [-0.15, -0.1) is 0 Å². The largest absolute Gasteiger partial charge is 0.356 e. The molecule has 0 unspecified atom stereocenters. The Bertz CT molecular complexity index is 854. The monoisotopic (exact) mass is 368 g/mol. The highest BCUT2D eigenvalue weighted by Gasteiger charge is 2.22. The summed E-state index contributed by atoms with van der Waals surface area (Å²) in [7, 11) is 3.91. The average Bonchev–Trinajstić information content (AvgIpc) is 2.69. The van der Waals surface area contributed by atoms with E-state index in [1.807, 2.05) is 37.3 Å². The number of hydrogen-bond donors (Lipinski definition) is 0. The SMILES string of the molecule is CN(C)c1nccc(N2CCC(Cn3nc4c(cc3=O)CCCC4)CC2)n1. The number of aromatic nitrogens is 4. The first-order valence-electron chi connectivity index (χ1n) is 9.95. The Kier molecular flexibility index (Phi) is 5.09. The van der Waals surface area contributed by atoms with Gasteiger partial charge >= 0.3 is 0 Å². The molecule has 7 heteroatoms. The molecule has 0 radical (unpaired) electrons. The zero-order valence-corrected chi connectivity index (χ0v) is 16.3. The molecule has 0 atom stereocenters. The minimum atomic E-state index is 0.0597. The van der Waals surface area contributed by atoms with E-state index < -0.39 is 0 Å². The Morgan fingerprint density at radius 3 is 2.74 bits per heavy atom. The second kappa shape index (κ2) is 7.66. The maximum atomic E-state index is 12.4. The minimum Gasteiger partial charge on any atom is -0.356 e. The summed E-state index contributed by atoms with van der Waals surface area (Å²) in [4.78, 5) is 25.6. The molecule has 1 aliphatic heterocycles. The molecule has 7 nitrogen and oxygen atoms in total. The lowest BCUT2D eigenvalue weighted by Gasteiger charge is -2.33. The van der Waals surface area contributed by atoms with Crippen LogP contribution in [0.5, 0.6) is 0 Å². The van der Waals surface area contributed by atoms with Gasteiger partial charge in [0.05, 0.1) is 5.69 Å². The summed E-state index contributed by atoms with van der Waals surface area (Å²) in [6.07, 6.45) is 8.29. The van der Waals surface area contributed by atoms with Gasteiger partial charge in [0.1, 0.15) is 5.82 Å². The van der Waals surface area contributed by atoms with Crippen LogP contribution in [0, 0.1) is 5.92 Å². The fourth-order valence-corrected chi connectivity index (χ4v) is 4.05. The van der Waals surface area contributed by atoms with E-state index >= 15 is 0 Å². The second-order valence-corrected chi connectivity index (χ2v) is 7.88. The third-order valence-electron chi connectivity index (χ3n) is 5.67. The highest BCUT2D eigenvalue weighted by atomic mass is 16.1. The fourth-order valence-electron chi connectivity index (χ4n) is 4.05. The molecular formula is C20H28N6O. The molecule has 0 amide bonds. The van der Waals surface area contributed by atoms with Crippen molar-refractivity contribution in [3.63, 3.8) is 0 Å². The lowest BCUT2D eigenvalue weighted by Crippen LogP contribution is -2.37. The van der Waals surface area contributed by atoms with Crippen LogP contribution in [0.4, 0.5) is 11.8 Å². The average molecular weight is 368 g/mol. The molecule has 1 fully saturated rings. The third-order valence-corrected chi connectivity index (χ3v) is 5.67. The zero-order chi connectivity index (χ0) is 18.8. The van der Waals surface area contributed by atoms with E-state index in [1.54, 1.807) is 4.68 Å². The molecule has 1 saturated heterocycles. The summed E-state index contributed by atoms with van der Waals surface area (Å²) in [5, 5.41) is 4.68. The number of fused-ring (bicyclic) bond motifs is 1. The quantitative estimate of drug-likeness (QED) is 0.821. The standard InChI is InChI=1S/C20H28N6O/c1-24(2)20-21-10-7-18(22-20)25-11-8-15(9-12-25)14-26-19(27)13-16-5-3-4-6-17(16)23-26/h7,10,13,15H,3-6,8-9,11-12,14H2,1-2H3. The number of piperidine rings is 1. The van der Waals surface area contributed by atoms with E-state index in [0.29, 0.717) is 5.92 Å². The molecule has 0 bridgehead atoms. The lowest BCUT2D eigenvalue weighted by atomic mass is 9.96. The van der Waals surface area contributed by atoms with Crippen molar-refractivity contribution in [1.82, 2.24) is 19.7 Å². The zero-order valence-electron chi connectivity index (χ0n) is 16.3. The van der Waals surface area contributed by atoms with Gasteiger partial charge in [-0.05, 0) is 56.1 Å². The first-order valence-corrected chi connectivity index (χ1v) is 9.95. The highest BCUT2D eigenvalue weighted by molar-refractivity contribution is 5.43. The Balaban J connectivity index is 1.40. The molecule has 0 N–H and O–H groups in total. The lowest BCUT2D eigenvalue weighted by molar-refractivity contribution is 0.331. The van der Waals surface area contributed by atoms with Crippen LogP contribution in [0.3, 0.4) is 0 Å². The molecule has 0 saturated carbocycles. The number of rotatable bonds is 4. The van der Waals surface area contributed by atoms with Gasteiger partial charge in [0.15, 0.2) is 0 Å². The topological polar surface area (TPSA) is 67.2 Å². The van der Waals surface area contributed by atoms with E-state index in [4.69, 9.17) is 0 Å². The first-order chi connectivity index (χ1) is 13.1. The predicted octanol–water partition coefficient (Wildman–Crippen LogP) is 1.89. The van der Waals surface area contributed by atoms with Gasteiger partial charge in [0.2, 0.25) is 5.95 Å². The molecule has 0 aromatic carbocycles. The van der Waals surface area contributed by atoms with Crippen LogP contribution in [0.1, 0.15) is 36.9 Å². The molecule has 27 heavy (non-hydrogen) atoms. The second-order valence-electron chi connectivity index (χ2n) is 7.88. The van der Waals surface area contributed by atoms with Gasteiger partial charge < -0.3 is 9.80 Å². The Hall–Kier alpha value is -2.44. The van der Waals surface area contributed by atoms with Crippen molar-refractivity contribution in [2.75, 3.05) is 37.0 Å². The number of nitrogens with zero attached hydrogens (tertiary/aromatic N) is 6. The van der Waals surface area contributed by atoms with Crippen molar-refractivity contribution in [3.8, 4) is 0 Å². The summed E-state index contributed by atoms with van der Waals surface area (Å²) in [6.45, 7) is 2.63. The van der Waals surface area contributed by atoms with E-state index in [9.17, 15) is 4.79 Å². The molecule has 2 aliphatic rings. The molecular weight excluding hydrogens is 340 g/mol. The summed E-state index contributed by atoms with van der Waals surface area (Å²) in [5.41, 5.74) is 2.36. The first kappa shape index (κ1) is 17.9. The van der Waals surface area contributed by atoms with Crippen LogP contribution >= 0.6 is 0 Å². The molecule has 1 aliphatic carbocycles. The molecule has 2 aromatic rings. The smallest absolute Gasteiger partial charge is 0.267 e. The Morgan fingerprint density at radius 1 is 1.19 bits per heavy atom. The molecule has 3 heterocycles. The van der Waals surface area contributed by atoms with Crippen LogP contribution in [0.2, 0.25) is 0 Å². The van der Waals surface area contributed by atoms with Crippen molar-refractivity contribution in [1.29, 1.82) is 0 Å². The van der Waals surface area contributed by atoms with Crippen LogP contribution in [0.25, 0.3) is 0 Å². The summed E-state index contributed by atoms with van der Waals surface area (Å²) in [5.74, 6) is 2.21. The van der Waals surface area contributed by atoms with Crippen LogP contribution < -0.4 is 15.4 Å². The molecule has 2 aromatic heterocycles. The Morgan fingerprint density at radius 2 is 1.96 bits per heavy atom. The van der Waals surface area contributed by atoms with E-state index in [-0.39, 0.29) is 5.56 Å². The van der Waals surface area contributed by atoms with Crippen molar-refractivity contribution >= 4 is 11.8 Å². The van der Waals surface area contributed by atoms with Gasteiger partial charge in [-0.2, -0.15) is 10.1 Å². The summed E-state index contributed by atoms with van der Waals surface area (Å²) < 4.78 is 1.71. The summed E-state index contributed by atoms with van der Waals surface area (Å²) >= 11 is 0. The summed E-state index contributed by atoms with van der Waals surface area (Å²) in [6, 6.07) is 3.79. The number of anilines is 2. The van der Waals surface area contributed by atoms with Gasteiger partial charge in [0, 0.05) is 46.0 Å². The van der Waals surface area contributed by atoms with E-state index in [0.717, 1.165) is 68.3 Å². The molecule has 4 rings (SSSR count). The van der Waals surface area contributed by atoms with E-state index in [1.165, 1.54) is 12.8 Å². The van der Waals surface area contributed by atoms with Gasteiger partial charge in [-0.1, -0.05) is 0 Å². The van der Waals surface area contributed by atoms with Crippen LogP contribution in [0.15, 0.2) is 23.1 Å². The van der Waals surface area contributed by atoms with Crippen molar-refractivity contribution in [2.24, 2.45) is 5.92 Å². The van der Waals surface area contributed by atoms with Crippen LogP contribution in [-0.4, -0.2) is 46.9 Å². The van der Waals surface area contributed by atoms with Crippen molar-refractivity contribution in [2.45, 2.75) is 45.1 Å². The molecule has 144 valence electrons. The third kappa shape index (κ3) is 3.96. The maximum absolute atomic E-state index is 12.4. The Labute approximate surface area is 160 Å². The molecule has 0 spiro atoms. The van der Waals surface area contributed by atoms with Gasteiger partial charge in [-0.25, -0.2) is 9.67 Å².